The maximum Gasteiger partial charge on any atom is 0.534 e. The highest BCUT2D eigenvalue weighted by atomic mass is 35.5. The highest BCUT2D eigenvalue weighted by Crippen LogP contribution is 2.39. The van der Waals surface area contributed by atoms with Gasteiger partial charge in [0.15, 0.2) is 5.75 Å². The summed E-state index contributed by atoms with van der Waals surface area (Å²) in [5.74, 6) is -2.07. The van der Waals surface area contributed by atoms with Gasteiger partial charge in [0, 0.05) is 12.1 Å². The van der Waals surface area contributed by atoms with Gasteiger partial charge < -0.3 is 14.2 Å². The smallest absolute Gasteiger partial charge is 0.459 e. The Morgan fingerprint density at radius 3 is 2.44 bits per heavy atom. The Morgan fingerprint density at radius 2 is 1.89 bits per heavy atom. The zero-order chi connectivity index (χ0) is 20.6. The molecule has 0 radical (unpaired) electrons. The van der Waals surface area contributed by atoms with Crippen LogP contribution in [0.4, 0.5) is 13.2 Å². The maximum absolute atomic E-state index is 12.7. The first-order valence-corrected chi connectivity index (χ1v) is 9.77. The molecule has 2 rings (SSSR count). The van der Waals surface area contributed by atoms with Gasteiger partial charge in [-0.1, -0.05) is 17.7 Å². The second-order valence-electron chi connectivity index (χ2n) is 6.97. The SMILES string of the molecule is CC(C)(C)OC(=O)C1CNCCc2c1ccc(Cl)c2OS(=O)(=O)C(F)(F)F. The van der Waals surface area contributed by atoms with Crippen LogP contribution in [0.3, 0.4) is 0 Å². The van der Waals surface area contributed by atoms with Crippen molar-refractivity contribution >= 4 is 27.7 Å². The quantitative estimate of drug-likeness (QED) is 0.451. The first-order chi connectivity index (χ1) is 12.2. The normalized spacial score (nSPS) is 18.4. The zero-order valence-corrected chi connectivity index (χ0v) is 16.4. The van der Waals surface area contributed by atoms with E-state index in [2.05, 4.69) is 9.50 Å². The minimum atomic E-state index is -5.91. The predicted octanol–water partition coefficient (Wildman–Crippen LogP) is 3.14. The topological polar surface area (TPSA) is 81.7 Å². The number of halogens is 4. The van der Waals surface area contributed by atoms with Crippen molar-refractivity contribution in [2.45, 2.75) is 44.2 Å². The van der Waals surface area contributed by atoms with E-state index < -0.39 is 38.9 Å². The molecule has 0 bridgehead atoms. The highest BCUT2D eigenvalue weighted by molar-refractivity contribution is 7.88. The van der Waals surface area contributed by atoms with E-state index >= 15 is 0 Å². The lowest BCUT2D eigenvalue weighted by molar-refractivity contribution is -0.156. The molecule has 0 aliphatic carbocycles. The summed E-state index contributed by atoms with van der Waals surface area (Å²) in [5.41, 5.74) is -5.94. The third kappa shape index (κ3) is 5.05. The molecule has 11 heteroatoms. The van der Waals surface area contributed by atoms with Crippen LogP contribution in [0.25, 0.3) is 0 Å². The first kappa shape index (κ1) is 21.8. The van der Waals surface area contributed by atoms with Gasteiger partial charge in [-0.3, -0.25) is 4.79 Å². The number of carbonyl (C=O) groups is 1. The molecule has 1 aliphatic heterocycles. The Kier molecular flexibility index (Phi) is 6.03. The molecule has 1 N–H and O–H groups in total. The van der Waals surface area contributed by atoms with Crippen molar-refractivity contribution in [3.8, 4) is 5.75 Å². The van der Waals surface area contributed by atoms with Crippen molar-refractivity contribution in [3.05, 3.63) is 28.3 Å². The van der Waals surface area contributed by atoms with Crippen LogP contribution in [0.2, 0.25) is 5.02 Å². The lowest BCUT2D eigenvalue weighted by Gasteiger charge is -2.25. The van der Waals surface area contributed by atoms with Crippen molar-refractivity contribution in [1.82, 2.24) is 5.32 Å². The summed E-state index contributed by atoms with van der Waals surface area (Å²) in [7, 11) is -5.91. The number of carbonyl (C=O) groups excluding carboxylic acids is 1. The number of hydrogen-bond donors (Lipinski definition) is 1. The van der Waals surface area contributed by atoms with E-state index in [0.29, 0.717) is 5.56 Å². The summed E-state index contributed by atoms with van der Waals surface area (Å²) < 4.78 is 70.7. The average Bonchev–Trinajstić information content (AvgIpc) is 2.69. The molecule has 1 aromatic rings. The van der Waals surface area contributed by atoms with Crippen LogP contribution in [0, 0.1) is 0 Å². The average molecular weight is 430 g/mol. The summed E-state index contributed by atoms with van der Waals surface area (Å²) in [5, 5.41) is 2.68. The van der Waals surface area contributed by atoms with E-state index in [-0.39, 0.29) is 30.1 Å². The van der Waals surface area contributed by atoms with Crippen LogP contribution in [0.5, 0.6) is 5.75 Å². The number of alkyl halides is 3. The van der Waals surface area contributed by atoms with Gasteiger partial charge in [0.2, 0.25) is 0 Å². The van der Waals surface area contributed by atoms with Gasteiger partial charge in [0.05, 0.1) is 10.9 Å². The molecule has 0 amide bonds. The highest BCUT2D eigenvalue weighted by Gasteiger charge is 2.49. The van der Waals surface area contributed by atoms with Crippen LogP contribution in [0.15, 0.2) is 12.1 Å². The zero-order valence-electron chi connectivity index (χ0n) is 14.8. The Bertz CT molecular complexity index is 834. The number of rotatable bonds is 3. The number of ether oxygens (including phenoxy) is 1. The van der Waals surface area contributed by atoms with Crippen LogP contribution >= 0.6 is 11.6 Å². The minimum Gasteiger partial charge on any atom is -0.459 e. The minimum absolute atomic E-state index is 0.121. The molecule has 1 aliphatic rings. The summed E-state index contributed by atoms with van der Waals surface area (Å²) in [6, 6.07) is 2.66. The molecule has 6 nitrogen and oxygen atoms in total. The molecular formula is C16H19ClF3NO5S. The second-order valence-corrected chi connectivity index (χ2v) is 8.91. The van der Waals surface area contributed by atoms with Crippen LogP contribution in [0.1, 0.15) is 37.8 Å². The van der Waals surface area contributed by atoms with Crippen LogP contribution < -0.4 is 9.50 Å². The van der Waals surface area contributed by atoms with Crippen molar-refractivity contribution < 1.29 is 35.3 Å². The molecule has 27 heavy (non-hydrogen) atoms. The molecule has 0 aromatic heterocycles. The summed E-state index contributed by atoms with van der Waals surface area (Å²) in [6.45, 7) is 5.51. The number of benzene rings is 1. The molecule has 1 atom stereocenters. The third-order valence-corrected chi connectivity index (χ3v) is 4.94. The van der Waals surface area contributed by atoms with Gasteiger partial charge >= 0.3 is 21.6 Å². The van der Waals surface area contributed by atoms with Crippen molar-refractivity contribution in [2.75, 3.05) is 13.1 Å². The fourth-order valence-corrected chi connectivity index (χ4v) is 3.36. The third-order valence-electron chi connectivity index (χ3n) is 3.69. The number of esters is 1. The second kappa shape index (κ2) is 7.48. The van der Waals surface area contributed by atoms with Gasteiger partial charge in [-0.05, 0) is 45.4 Å². The van der Waals surface area contributed by atoms with Crippen LogP contribution in [-0.2, 0) is 26.1 Å². The fraction of sp³-hybridized carbons (Fsp3) is 0.562. The molecule has 1 heterocycles. The van der Waals surface area contributed by atoms with Crippen molar-refractivity contribution in [3.63, 3.8) is 0 Å². The van der Waals surface area contributed by atoms with Gasteiger partial charge in [-0.25, -0.2) is 0 Å². The van der Waals surface area contributed by atoms with E-state index in [9.17, 15) is 26.4 Å². The monoisotopic (exact) mass is 429 g/mol. The molecule has 152 valence electrons. The Labute approximate surface area is 160 Å². The largest absolute Gasteiger partial charge is 0.534 e. The van der Waals surface area contributed by atoms with E-state index in [1.54, 1.807) is 20.8 Å². The van der Waals surface area contributed by atoms with E-state index in [1.807, 2.05) is 0 Å². The fourth-order valence-electron chi connectivity index (χ4n) is 2.60. The Morgan fingerprint density at radius 1 is 1.26 bits per heavy atom. The van der Waals surface area contributed by atoms with Crippen molar-refractivity contribution in [1.29, 1.82) is 0 Å². The van der Waals surface area contributed by atoms with Crippen molar-refractivity contribution in [2.24, 2.45) is 0 Å². The molecular weight excluding hydrogens is 411 g/mol. The molecule has 0 saturated carbocycles. The van der Waals surface area contributed by atoms with E-state index in [4.69, 9.17) is 16.3 Å². The summed E-state index contributed by atoms with van der Waals surface area (Å²) in [6.07, 6.45) is 0.123. The van der Waals surface area contributed by atoms with Gasteiger partial charge in [0.1, 0.15) is 5.60 Å². The van der Waals surface area contributed by atoms with Gasteiger partial charge in [0.25, 0.3) is 0 Å². The molecule has 1 aromatic carbocycles. The number of fused-ring (bicyclic) bond motifs is 1. The van der Waals surface area contributed by atoms with E-state index in [0.717, 1.165) is 0 Å². The van der Waals surface area contributed by atoms with Gasteiger partial charge in [-0.2, -0.15) is 21.6 Å². The summed E-state index contributed by atoms with van der Waals surface area (Å²) >= 11 is 5.91. The molecule has 0 fully saturated rings. The first-order valence-electron chi connectivity index (χ1n) is 7.98. The number of nitrogens with one attached hydrogen (secondary N) is 1. The summed E-state index contributed by atoms with van der Waals surface area (Å²) in [4.78, 5) is 12.5. The molecule has 1 unspecified atom stereocenters. The lowest BCUT2D eigenvalue weighted by Crippen LogP contribution is -2.32. The maximum atomic E-state index is 12.7. The number of hydrogen-bond acceptors (Lipinski definition) is 6. The molecule has 0 saturated heterocycles. The predicted molar refractivity (Wildman–Crippen MR) is 92.2 cm³/mol. The molecule has 0 spiro atoms. The standard InChI is InChI=1S/C16H19ClF3NO5S/c1-15(2,3)25-14(22)11-8-21-7-6-10-9(11)4-5-12(17)13(10)26-27(23,24)16(18,19)20/h4-5,11,21H,6-8H2,1-3H3. The van der Waals surface area contributed by atoms with Crippen LogP contribution in [-0.4, -0.2) is 38.6 Å². The lowest BCUT2D eigenvalue weighted by atomic mass is 9.93. The van der Waals surface area contributed by atoms with E-state index in [1.165, 1.54) is 12.1 Å². The van der Waals surface area contributed by atoms with Gasteiger partial charge in [-0.15, -0.1) is 0 Å². The Hall–Kier alpha value is -1.52. The Balaban J connectivity index is 2.52.